The molecule has 0 amide bonds. The first-order chi connectivity index (χ1) is 11.5. The zero-order chi connectivity index (χ0) is 17.1. The second-order valence-electron chi connectivity index (χ2n) is 5.77. The fraction of sp³-hybridized carbons (Fsp3) is 0.167. The molecule has 6 nitrogen and oxygen atoms in total. The number of hydrogen-bond donors (Lipinski definition) is 2. The zero-order valence-electron chi connectivity index (χ0n) is 13.3. The van der Waals surface area contributed by atoms with Gasteiger partial charge in [0.25, 0.3) is 5.56 Å². The van der Waals surface area contributed by atoms with Crippen LogP contribution in [0.5, 0.6) is 0 Å². The molecule has 122 valence electrons. The van der Waals surface area contributed by atoms with Gasteiger partial charge in [0, 0.05) is 12.1 Å². The van der Waals surface area contributed by atoms with Crippen LogP contribution in [0.2, 0.25) is 0 Å². The molecule has 0 spiro atoms. The van der Waals surface area contributed by atoms with Crippen molar-refractivity contribution in [2.24, 2.45) is 0 Å². The van der Waals surface area contributed by atoms with Crippen molar-refractivity contribution in [2.45, 2.75) is 19.9 Å². The first-order valence-electron chi connectivity index (χ1n) is 7.61. The van der Waals surface area contributed by atoms with Gasteiger partial charge in [-0.05, 0) is 30.2 Å². The molecule has 1 aromatic heterocycles. The molecule has 1 heterocycles. The van der Waals surface area contributed by atoms with Crippen molar-refractivity contribution < 1.29 is 0 Å². The molecule has 0 saturated carbocycles. The molecule has 0 aliphatic rings. The summed E-state index contributed by atoms with van der Waals surface area (Å²) in [5.74, 6) is 0. The van der Waals surface area contributed by atoms with Crippen molar-refractivity contribution in [1.82, 2.24) is 14.8 Å². The van der Waals surface area contributed by atoms with E-state index in [1.807, 2.05) is 43.3 Å². The molecule has 6 heteroatoms. The van der Waals surface area contributed by atoms with Gasteiger partial charge in [0.1, 0.15) is 5.69 Å². The molecule has 0 bridgehead atoms. The predicted octanol–water partition coefficient (Wildman–Crippen LogP) is 1.46. The van der Waals surface area contributed by atoms with E-state index in [1.165, 1.54) is 4.68 Å². The van der Waals surface area contributed by atoms with Gasteiger partial charge < -0.3 is 5.73 Å². The van der Waals surface area contributed by atoms with E-state index in [0.29, 0.717) is 17.8 Å². The molecule has 0 fully saturated rings. The van der Waals surface area contributed by atoms with Crippen molar-refractivity contribution in [3.63, 3.8) is 0 Å². The van der Waals surface area contributed by atoms with Crippen molar-refractivity contribution in [3.8, 4) is 0 Å². The van der Waals surface area contributed by atoms with E-state index in [9.17, 15) is 9.59 Å². The molecular formula is C18H18N4O2. The number of aromatic amines is 1. The fourth-order valence-electron chi connectivity index (χ4n) is 2.39. The maximum absolute atomic E-state index is 12.0. The van der Waals surface area contributed by atoms with Crippen LogP contribution in [0.1, 0.15) is 22.4 Å². The third-order valence-electron chi connectivity index (χ3n) is 3.76. The summed E-state index contributed by atoms with van der Waals surface area (Å²) in [6.45, 7) is 2.28. The van der Waals surface area contributed by atoms with Crippen molar-refractivity contribution in [3.05, 3.63) is 91.8 Å². The van der Waals surface area contributed by atoms with Gasteiger partial charge in [0.15, 0.2) is 0 Å². The van der Waals surface area contributed by atoms with E-state index >= 15 is 0 Å². The molecular weight excluding hydrogens is 304 g/mol. The Labute approximate surface area is 138 Å². The number of H-pyrrole nitrogens is 1. The quantitative estimate of drug-likeness (QED) is 0.711. The summed E-state index contributed by atoms with van der Waals surface area (Å²) in [6.07, 6.45) is 0.373. The van der Waals surface area contributed by atoms with Gasteiger partial charge >= 0.3 is 5.69 Å². The standard InChI is InChI=1S/C18H18N4O2/c1-12-2-4-13(5-3-12)10-16-17(23)20-18(24)22(21-16)11-14-6-8-15(19)9-7-14/h2-9H,10-11,19H2,1H3,(H,20,23,24). The molecule has 0 atom stereocenters. The molecule has 0 aliphatic heterocycles. The predicted molar refractivity (Wildman–Crippen MR) is 93.1 cm³/mol. The van der Waals surface area contributed by atoms with Crippen molar-refractivity contribution in [1.29, 1.82) is 0 Å². The van der Waals surface area contributed by atoms with Gasteiger partial charge in [-0.3, -0.25) is 9.78 Å². The van der Waals surface area contributed by atoms with E-state index in [-0.39, 0.29) is 6.54 Å². The Morgan fingerprint density at radius 3 is 2.29 bits per heavy atom. The van der Waals surface area contributed by atoms with Crippen LogP contribution in [-0.4, -0.2) is 14.8 Å². The summed E-state index contributed by atoms with van der Waals surface area (Å²) >= 11 is 0. The summed E-state index contributed by atoms with van der Waals surface area (Å²) in [7, 11) is 0. The molecule has 3 N–H and O–H groups in total. The van der Waals surface area contributed by atoms with Crippen LogP contribution in [0.3, 0.4) is 0 Å². The third kappa shape index (κ3) is 3.60. The van der Waals surface area contributed by atoms with Crippen LogP contribution >= 0.6 is 0 Å². The summed E-state index contributed by atoms with van der Waals surface area (Å²) in [5.41, 5.74) is 8.65. The van der Waals surface area contributed by atoms with Crippen molar-refractivity contribution >= 4 is 5.69 Å². The van der Waals surface area contributed by atoms with Crippen LogP contribution in [0, 0.1) is 6.92 Å². The van der Waals surface area contributed by atoms with Crippen molar-refractivity contribution in [2.75, 3.05) is 5.73 Å². The first kappa shape index (κ1) is 15.7. The van der Waals surface area contributed by atoms with Crippen LogP contribution in [0.25, 0.3) is 0 Å². The number of nitrogens with one attached hydrogen (secondary N) is 1. The number of benzene rings is 2. The minimum Gasteiger partial charge on any atom is -0.399 e. The van der Waals surface area contributed by atoms with Crippen LogP contribution in [0.4, 0.5) is 5.69 Å². The highest BCUT2D eigenvalue weighted by Crippen LogP contribution is 2.07. The lowest BCUT2D eigenvalue weighted by molar-refractivity contribution is 0.590. The van der Waals surface area contributed by atoms with Gasteiger partial charge in [0.05, 0.1) is 6.54 Å². The normalized spacial score (nSPS) is 10.7. The molecule has 3 aromatic rings. The number of nitrogens with zero attached hydrogens (tertiary/aromatic N) is 2. The number of anilines is 1. The van der Waals surface area contributed by atoms with Gasteiger partial charge in [-0.25, -0.2) is 9.48 Å². The van der Waals surface area contributed by atoms with E-state index < -0.39 is 11.2 Å². The Kier molecular flexibility index (Phi) is 4.29. The monoisotopic (exact) mass is 322 g/mol. The maximum atomic E-state index is 12.0. The van der Waals surface area contributed by atoms with E-state index in [2.05, 4.69) is 10.1 Å². The maximum Gasteiger partial charge on any atom is 0.345 e. The number of nitrogens with two attached hydrogens (primary N) is 1. The fourth-order valence-corrected chi connectivity index (χ4v) is 2.39. The SMILES string of the molecule is Cc1ccc(Cc2nn(Cc3ccc(N)cc3)c(=O)[nH]c2=O)cc1. The van der Waals surface area contributed by atoms with Gasteiger partial charge in [0.2, 0.25) is 0 Å². The lowest BCUT2D eigenvalue weighted by Crippen LogP contribution is -2.35. The summed E-state index contributed by atoms with van der Waals surface area (Å²) < 4.78 is 1.26. The summed E-state index contributed by atoms with van der Waals surface area (Å²) in [4.78, 5) is 26.3. The second-order valence-corrected chi connectivity index (χ2v) is 5.77. The smallest absolute Gasteiger partial charge is 0.345 e. The first-order valence-corrected chi connectivity index (χ1v) is 7.61. The Hall–Kier alpha value is -3.15. The number of nitrogen functional groups attached to an aromatic ring is 1. The number of aryl methyl sites for hydroxylation is 1. The van der Waals surface area contributed by atoms with E-state index in [4.69, 9.17) is 5.73 Å². The van der Waals surface area contributed by atoms with Gasteiger partial charge in [-0.1, -0.05) is 42.0 Å². The third-order valence-corrected chi connectivity index (χ3v) is 3.76. The van der Waals surface area contributed by atoms with Gasteiger partial charge in [-0.2, -0.15) is 5.10 Å². The average molecular weight is 322 g/mol. The number of aromatic nitrogens is 3. The van der Waals surface area contributed by atoms with Crippen LogP contribution in [-0.2, 0) is 13.0 Å². The number of rotatable bonds is 4. The Balaban J connectivity index is 1.90. The Morgan fingerprint density at radius 2 is 1.62 bits per heavy atom. The summed E-state index contributed by atoms with van der Waals surface area (Å²) in [5, 5.41) is 4.24. The minimum absolute atomic E-state index is 0.275. The Morgan fingerprint density at radius 1 is 1.00 bits per heavy atom. The van der Waals surface area contributed by atoms with E-state index in [0.717, 1.165) is 16.7 Å². The highest BCUT2D eigenvalue weighted by molar-refractivity contribution is 5.39. The van der Waals surface area contributed by atoms with E-state index in [1.54, 1.807) is 12.1 Å². The average Bonchev–Trinajstić information content (AvgIpc) is 2.56. The topological polar surface area (TPSA) is 93.8 Å². The molecule has 0 aliphatic carbocycles. The zero-order valence-corrected chi connectivity index (χ0v) is 13.3. The highest BCUT2D eigenvalue weighted by atomic mass is 16.2. The van der Waals surface area contributed by atoms with Gasteiger partial charge in [-0.15, -0.1) is 0 Å². The van der Waals surface area contributed by atoms with Crippen LogP contribution < -0.4 is 17.0 Å². The lowest BCUT2D eigenvalue weighted by Gasteiger charge is -2.07. The van der Waals surface area contributed by atoms with Crippen LogP contribution in [0.15, 0.2) is 58.1 Å². The second kappa shape index (κ2) is 6.54. The molecule has 0 radical (unpaired) electrons. The molecule has 0 unspecified atom stereocenters. The highest BCUT2D eigenvalue weighted by Gasteiger charge is 2.08. The molecule has 3 rings (SSSR count). The Bertz CT molecular complexity index is 877. The largest absolute Gasteiger partial charge is 0.399 e. The summed E-state index contributed by atoms with van der Waals surface area (Å²) in [6, 6.07) is 15.0. The molecule has 2 aromatic carbocycles. The lowest BCUT2D eigenvalue weighted by atomic mass is 10.1. The number of hydrogen-bond acceptors (Lipinski definition) is 4. The minimum atomic E-state index is -0.524. The molecule has 24 heavy (non-hydrogen) atoms. The molecule has 0 saturated heterocycles.